The Bertz CT molecular complexity index is 372. The number of esters is 1. The lowest BCUT2D eigenvalue weighted by Crippen LogP contribution is -2.38. The van der Waals surface area contributed by atoms with E-state index in [-0.39, 0.29) is 5.97 Å². The van der Waals surface area contributed by atoms with E-state index in [1.54, 1.807) is 6.08 Å². The fraction of sp³-hybridized carbons (Fsp3) is 0.643. The van der Waals surface area contributed by atoms with Gasteiger partial charge in [0, 0.05) is 6.08 Å². The summed E-state index contributed by atoms with van der Waals surface area (Å²) < 4.78 is 4.99. The Hall–Kier alpha value is -1.05. The number of fused-ring (bicyclic) bond motifs is 1. The second-order valence-corrected chi connectivity index (χ2v) is 5.22. The van der Waals surface area contributed by atoms with Crippen molar-refractivity contribution in [3.63, 3.8) is 0 Å². The summed E-state index contributed by atoms with van der Waals surface area (Å²) in [6, 6.07) is 0. The number of carbonyl (C=O) groups is 1. The molecule has 0 aromatic heterocycles. The average Bonchev–Trinajstić information content (AvgIpc) is 2.46. The van der Waals surface area contributed by atoms with Crippen LogP contribution in [0.5, 0.6) is 0 Å². The molecule has 0 heterocycles. The molecule has 3 saturated carbocycles. The van der Waals surface area contributed by atoms with E-state index in [1.807, 2.05) is 6.92 Å². The highest BCUT2D eigenvalue weighted by molar-refractivity contribution is 5.83. The van der Waals surface area contributed by atoms with Crippen LogP contribution in [0, 0.1) is 23.7 Å². The van der Waals surface area contributed by atoms with Crippen LogP contribution in [0.4, 0.5) is 0 Å². The van der Waals surface area contributed by atoms with Crippen molar-refractivity contribution >= 4 is 5.97 Å². The van der Waals surface area contributed by atoms with E-state index in [4.69, 9.17) is 4.74 Å². The van der Waals surface area contributed by atoms with Crippen molar-refractivity contribution in [3.05, 3.63) is 23.8 Å². The van der Waals surface area contributed by atoms with Crippen LogP contribution in [0.1, 0.15) is 26.2 Å². The Labute approximate surface area is 96.4 Å². The lowest BCUT2D eigenvalue weighted by Gasteiger charge is -2.45. The third-order valence-corrected chi connectivity index (χ3v) is 4.61. The predicted octanol–water partition coefficient (Wildman–Crippen LogP) is 2.71. The fourth-order valence-electron chi connectivity index (χ4n) is 3.95. The van der Waals surface area contributed by atoms with E-state index in [9.17, 15) is 4.79 Å². The minimum absolute atomic E-state index is 0.156. The van der Waals surface area contributed by atoms with Crippen molar-refractivity contribution in [3.8, 4) is 0 Å². The van der Waals surface area contributed by atoms with Gasteiger partial charge in [-0.25, -0.2) is 4.79 Å². The minimum atomic E-state index is -0.156. The first-order valence-corrected chi connectivity index (χ1v) is 6.29. The lowest BCUT2D eigenvalue weighted by atomic mass is 9.59. The molecule has 0 aliphatic heterocycles. The second-order valence-electron chi connectivity index (χ2n) is 5.22. The largest absolute Gasteiger partial charge is 0.463 e. The molecule has 0 unspecified atom stereocenters. The maximum Gasteiger partial charge on any atom is 0.330 e. The van der Waals surface area contributed by atoms with Gasteiger partial charge in [-0.3, -0.25) is 0 Å². The molecule has 3 aliphatic rings. The molecule has 3 aliphatic carbocycles. The first kappa shape index (κ1) is 10.1. The van der Waals surface area contributed by atoms with E-state index < -0.39 is 0 Å². The number of hydrogen-bond donors (Lipinski definition) is 0. The maximum absolute atomic E-state index is 11.5. The Kier molecular flexibility index (Phi) is 2.20. The molecule has 0 aromatic rings. The summed E-state index contributed by atoms with van der Waals surface area (Å²) in [7, 11) is 0. The van der Waals surface area contributed by atoms with Crippen LogP contribution in [-0.2, 0) is 9.53 Å². The average molecular weight is 218 g/mol. The second kappa shape index (κ2) is 3.47. The van der Waals surface area contributed by atoms with E-state index in [0.29, 0.717) is 24.4 Å². The number of hydrogen-bond acceptors (Lipinski definition) is 2. The van der Waals surface area contributed by atoms with Gasteiger partial charge in [0.1, 0.15) is 0 Å². The highest BCUT2D eigenvalue weighted by Crippen LogP contribution is 2.65. The Balaban J connectivity index is 1.81. The van der Waals surface area contributed by atoms with Gasteiger partial charge in [0.25, 0.3) is 0 Å². The van der Waals surface area contributed by atoms with Crippen LogP contribution >= 0.6 is 0 Å². The van der Waals surface area contributed by atoms with Crippen LogP contribution in [0.15, 0.2) is 23.8 Å². The summed E-state index contributed by atoms with van der Waals surface area (Å²) in [5.74, 6) is 2.51. The van der Waals surface area contributed by atoms with Crippen molar-refractivity contribution in [2.24, 2.45) is 23.7 Å². The zero-order valence-corrected chi connectivity index (χ0v) is 9.74. The Morgan fingerprint density at radius 3 is 3.06 bits per heavy atom. The van der Waals surface area contributed by atoms with Gasteiger partial charge in [-0.1, -0.05) is 17.7 Å². The fourth-order valence-corrected chi connectivity index (χ4v) is 3.95. The van der Waals surface area contributed by atoms with Crippen molar-refractivity contribution in [2.45, 2.75) is 26.2 Å². The quantitative estimate of drug-likeness (QED) is 0.404. The maximum atomic E-state index is 11.5. The Morgan fingerprint density at radius 2 is 2.31 bits per heavy atom. The molecule has 3 rings (SSSR count). The molecule has 0 aromatic carbocycles. The van der Waals surface area contributed by atoms with Crippen LogP contribution in [0.25, 0.3) is 0 Å². The van der Waals surface area contributed by atoms with Crippen molar-refractivity contribution < 1.29 is 9.53 Å². The van der Waals surface area contributed by atoms with Gasteiger partial charge >= 0.3 is 5.97 Å². The number of allylic oxidation sites excluding steroid dienone is 2. The minimum Gasteiger partial charge on any atom is -0.463 e. The van der Waals surface area contributed by atoms with E-state index in [2.05, 4.69) is 6.58 Å². The molecule has 2 nitrogen and oxygen atoms in total. The molecule has 0 spiro atoms. The van der Waals surface area contributed by atoms with Gasteiger partial charge in [-0.2, -0.15) is 0 Å². The third-order valence-electron chi connectivity index (χ3n) is 4.61. The standard InChI is InChI=1S/C14H18O2/c1-3-16-13(15)7-11-10-5-4-9-6-12(11)14(10)8(9)2/h7,9-10,12,14H,2-6H2,1H3/b11-7+/t9-,10+,12-,14+/m0/s1. The number of rotatable bonds is 2. The topological polar surface area (TPSA) is 26.3 Å². The van der Waals surface area contributed by atoms with Gasteiger partial charge in [0.2, 0.25) is 0 Å². The Morgan fingerprint density at radius 1 is 1.50 bits per heavy atom. The zero-order chi connectivity index (χ0) is 11.3. The summed E-state index contributed by atoms with van der Waals surface area (Å²) in [5.41, 5.74) is 2.81. The summed E-state index contributed by atoms with van der Waals surface area (Å²) in [6.07, 6.45) is 5.51. The summed E-state index contributed by atoms with van der Waals surface area (Å²) >= 11 is 0. The smallest absolute Gasteiger partial charge is 0.330 e. The normalized spacial score (nSPS) is 42.1. The molecular formula is C14H18O2. The monoisotopic (exact) mass is 218 g/mol. The number of ether oxygens (including phenoxy) is 1. The summed E-state index contributed by atoms with van der Waals surface area (Å²) in [5, 5.41) is 0. The van der Waals surface area contributed by atoms with Crippen molar-refractivity contribution in [2.75, 3.05) is 6.61 Å². The zero-order valence-electron chi connectivity index (χ0n) is 9.74. The van der Waals surface area contributed by atoms with Gasteiger partial charge < -0.3 is 4.74 Å². The van der Waals surface area contributed by atoms with Gasteiger partial charge in [-0.05, 0) is 49.9 Å². The van der Waals surface area contributed by atoms with Gasteiger partial charge in [0.15, 0.2) is 0 Å². The molecule has 86 valence electrons. The highest BCUT2D eigenvalue weighted by Gasteiger charge is 2.56. The van der Waals surface area contributed by atoms with E-state index in [0.717, 1.165) is 5.92 Å². The molecule has 0 amide bonds. The van der Waals surface area contributed by atoms with Crippen molar-refractivity contribution in [1.82, 2.24) is 0 Å². The molecular weight excluding hydrogens is 200 g/mol. The van der Waals surface area contributed by atoms with Crippen LogP contribution in [0.2, 0.25) is 0 Å². The van der Waals surface area contributed by atoms with Gasteiger partial charge in [0.05, 0.1) is 6.61 Å². The third kappa shape index (κ3) is 1.22. The van der Waals surface area contributed by atoms with Crippen molar-refractivity contribution in [1.29, 1.82) is 0 Å². The van der Waals surface area contributed by atoms with E-state index >= 15 is 0 Å². The molecule has 16 heavy (non-hydrogen) atoms. The molecule has 0 radical (unpaired) electrons. The summed E-state index contributed by atoms with van der Waals surface area (Å²) in [6.45, 7) is 6.55. The molecule has 0 saturated heterocycles. The van der Waals surface area contributed by atoms with Crippen LogP contribution in [0.3, 0.4) is 0 Å². The van der Waals surface area contributed by atoms with E-state index in [1.165, 1.54) is 30.4 Å². The molecule has 4 atom stereocenters. The molecule has 2 bridgehead atoms. The summed E-state index contributed by atoms with van der Waals surface area (Å²) in [4.78, 5) is 11.5. The molecule has 2 heteroatoms. The number of carbonyl (C=O) groups excluding carboxylic acids is 1. The predicted molar refractivity (Wildman–Crippen MR) is 61.7 cm³/mol. The van der Waals surface area contributed by atoms with Crippen LogP contribution < -0.4 is 0 Å². The van der Waals surface area contributed by atoms with Crippen LogP contribution in [-0.4, -0.2) is 12.6 Å². The lowest BCUT2D eigenvalue weighted by molar-refractivity contribution is -0.137. The van der Waals surface area contributed by atoms with Gasteiger partial charge in [-0.15, -0.1) is 0 Å². The first-order chi connectivity index (χ1) is 7.72. The SMILES string of the molecule is C=C1[C@H]2CC[C@@H]3/C(=C\C(=O)OCC)[C@H](C2)[C@H]13. The highest BCUT2D eigenvalue weighted by atomic mass is 16.5. The molecule has 3 fully saturated rings. The molecule has 0 N–H and O–H groups in total. The first-order valence-electron chi connectivity index (χ1n) is 6.29.